The Balaban J connectivity index is 1.28. The number of ether oxygens (including phenoxy) is 4. The molecule has 1 atom stereocenters. The molecule has 11 nitrogen and oxygen atoms in total. The van der Waals surface area contributed by atoms with E-state index in [1.165, 1.54) is 12.2 Å². The van der Waals surface area contributed by atoms with Crippen LogP contribution in [0, 0.1) is 0 Å². The van der Waals surface area contributed by atoms with Gasteiger partial charge in [-0.3, -0.25) is 19.3 Å². The first-order valence-electron chi connectivity index (χ1n) is 13.2. The molecule has 11 heteroatoms. The summed E-state index contributed by atoms with van der Waals surface area (Å²) in [5, 5.41) is 5.51. The van der Waals surface area contributed by atoms with E-state index in [1.807, 2.05) is 0 Å². The molecule has 0 saturated heterocycles. The van der Waals surface area contributed by atoms with E-state index in [9.17, 15) is 19.2 Å². The lowest BCUT2D eigenvalue weighted by molar-refractivity contribution is -0.137. The number of carbonyl (C=O) groups excluding carboxylic acids is 4. The smallest absolute Gasteiger partial charge is 0.407 e. The van der Waals surface area contributed by atoms with Gasteiger partial charge >= 0.3 is 6.09 Å². The summed E-state index contributed by atoms with van der Waals surface area (Å²) in [5.74, 6) is -0.982. The summed E-state index contributed by atoms with van der Waals surface area (Å²) >= 11 is 0. The SMILES string of the molecule is O=C(CCN1C(=O)C=CC1=O)NCCCOCCOCCOCCCNC(=O)O[C@@H]1CC/C=C/CCC1. The lowest BCUT2D eigenvalue weighted by Crippen LogP contribution is -2.35. The van der Waals surface area contributed by atoms with E-state index in [2.05, 4.69) is 22.8 Å². The van der Waals surface area contributed by atoms with E-state index >= 15 is 0 Å². The minimum Gasteiger partial charge on any atom is -0.446 e. The highest BCUT2D eigenvalue weighted by molar-refractivity contribution is 6.13. The Hall–Kier alpha value is -2.76. The van der Waals surface area contributed by atoms with E-state index in [1.54, 1.807) is 0 Å². The number of carbonyl (C=O) groups is 4. The highest BCUT2D eigenvalue weighted by atomic mass is 16.6. The van der Waals surface area contributed by atoms with Crippen molar-refractivity contribution in [1.29, 1.82) is 0 Å². The van der Waals surface area contributed by atoms with Crippen LogP contribution in [0.25, 0.3) is 0 Å². The maximum absolute atomic E-state index is 11.9. The molecule has 0 aromatic rings. The van der Waals surface area contributed by atoms with Crippen LogP contribution in [0.4, 0.5) is 4.79 Å². The van der Waals surface area contributed by atoms with Crippen molar-refractivity contribution in [3.8, 4) is 0 Å². The van der Waals surface area contributed by atoms with Gasteiger partial charge in [0.25, 0.3) is 11.8 Å². The average molecular weight is 524 g/mol. The number of nitrogens with one attached hydrogen (secondary N) is 2. The Morgan fingerprint density at radius 1 is 0.811 bits per heavy atom. The average Bonchev–Trinajstić information content (AvgIpc) is 3.18. The zero-order valence-corrected chi connectivity index (χ0v) is 21.6. The molecular weight excluding hydrogens is 482 g/mol. The third-order valence-corrected chi connectivity index (χ3v) is 5.72. The van der Waals surface area contributed by atoms with Crippen LogP contribution in [0.5, 0.6) is 0 Å². The maximum Gasteiger partial charge on any atom is 0.407 e. The number of imide groups is 1. The molecule has 1 aliphatic heterocycles. The number of nitrogens with zero attached hydrogens (tertiary/aromatic N) is 1. The fourth-order valence-electron chi connectivity index (χ4n) is 3.70. The molecule has 2 rings (SSSR count). The van der Waals surface area contributed by atoms with E-state index < -0.39 is 0 Å². The molecule has 0 radical (unpaired) electrons. The first-order chi connectivity index (χ1) is 18.1. The molecule has 208 valence electrons. The Kier molecular flexibility index (Phi) is 15.9. The fraction of sp³-hybridized carbons (Fsp3) is 0.692. The molecule has 0 spiro atoms. The molecule has 37 heavy (non-hydrogen) atoms. The molecule has 2 N–H and O–H groups in total. The minimum atomic E-state index is -0.385. The van der Waals surface area contributed by atoms with Gasteiger partial charge < -0.3 is 29.6 Å². The van der Waals surface area contributed by atoms with Crippen LogP contribution in [0.2, 0.25) is 0 Å². The first-order valence-corrected chi connectivity index (χ1v) is 13.2. The Labute approximate surface area is 218 Å². The van der Waals surface area contributed by atoms with Crippen molar-refractivity contribution in [1.82, 2.24) is 15.5 Å². The van der Waals surface area contributed by atoms with Crippen molar-refractivity contribution in [2.75, 3.05) is 59.3 Å². The second kappa shape index (κ2) is 19.4. The molecule has 0 saturated carbocycles. The number of allylic oxidation sites excluding steroid dienone is 2. The number of alkyl carbamates (subject to hydrolysis) is 1. The summed E-state index contributed by atoms with van der Waals surface area (Å²) in [5.41, 5.74) is 0. The predicted molar refractivity (Wildman–Crippen MR) is 136 cm³/mol. The van der Waals surface area contributed by atoms with Crippen molar-refractivity contribution in [3.05, 3.63) is 24.3 Å². The largest absolute Gasteiger partial charge is 0.446 e. The van der Waals surface area contributed by atoms with Crippen molar-refractivity contribution < 1.29 is 38.1 Å². The van der Waals surface area contributed by atoms with Gasteiger partial charge in [-0.15, -0.1) is 0 Å². The van der Waals surface area contributed by atoms with Crippen LogP contribution >= 0.6 is 0 Å². The van der Waals surface area contributed by atoms with Crippen molar-refractivity contribution in [3.63, 3.8) is 0 Å². The van der Waals surface area contributed by atoms with Gasteiger partial charge in [-0.1, -0.05) is 12.2 Å². The van der Waals surface area contributed by atoms with Crippen LogP contribution in [-0.2, 0) is 33.3 Å². The summed E-state index contributed by atoms with van der Waals surface area (Å²) in [7, 11) is 0. The highest BCUT2D eigenvalue weighted by Crippen LogP contribution is 2.15. The first kappa shape index (κ1) is 30.5. The van der Waals surface area contributed by atoms with Gasteiger partial charge in [0, 0.05) is 51.4 Å². The van der Waals surface area contributed by atoms with Gasteiger partial charge in [0.2, 0.25) is 5.91 Å². The van der Waals surface area contributed by atoms with Gasteiger partial charge in [-0.25, -0.2) is 4.79 Å². The van der Waals surface area contributed by atoms with Gasteiger partial charge in [-0.2, -0.15) is 0 Å². The number of amides is 4. The number of rotatable bonds is 18. The number of hydrogen-bond acceptors (Lipinski definition) is 8. The Bertz CT molecular complexity index is 753. The highest BCUT2D eigenvalue weighted by Gasteiger charge is 2.23. The molecule has 0 aromatic heterocycles. The van der Waals surface area contributed by atoms with E-state index in [4.69, 9.17) is 18.9 Å². The van der Waals surface area contributed by atoms with Crippen LogP contribution in [0.1, 0.15) is 51.4 Å². The molecule has 4 amide bonds. The third kappa shape index (κ3) is 14.5. The quantitative estimate of drug-likeness (QED) is 0.158. The Morgan fingerprint density at radius 3 is 2.08 bits per heavy atom. The van der Waals surface area contributed by atoms with Crippen LogP contribution in [0.3, 0.4) is 0 Å². The predicted octanol–water partition coefficient (Wildman–Crippen LogP) is 1.86. The van der Waals surface area contributed by atoms with Crippen LogP contribution < -0.4 is 10.6 Å². The fourth-order valence-corrected chi connectivity index (χ4v) is 3.70. The zero-order valence-electron chi connectivity index (χ0n) is 21.6. The minimum absolute atomic E-state index is 0.00104. The summed E-state index contributed by atoms with van der Waals surface area (Å²) in [6, 6.07) is 0. The molecule has 0 unspecified atom stereocenters. The molecule has 0 bridgehead atoms. The summed E-state index contributed by atoms with van der Waals surface area (Å²) in [6.07, 6.45) is 12.7. The molecule has 2 aliphatic rings. The summed E-state index contributed by atoms with van der Waals surface area (Å²) < 4.78 is 21.9. The van der Waals surface area contributed by atoms with Crippen molar-refractivity contribution in [2.45, 2.75) is 57.5 Å². The molecule has 1 heterocycles. The molecular formula is C26H41N3O8. The van der Waals surface area contributed by atoms with Crippen LogP contribution in [0.15, 0.2) is 24.3 Å². The van der Waals surface area contributed by atoms with E-state index in [0.29, 0.717) is 65.6 Å². The standard InChI is InChI=1S/C26H41N3O8/c30-23(12-15-29-24(31)10-11-25(29)32)27-13-6-16-34-18-20-36-21-19-35-17-7-14-28-26(33)37-22-8-4-2-1-3-5-9-22/h1-2,10-11,22H,3-9,12-21H2,(H,27,30)(H,28,33)/b2-1+/t22-/m1/s1. The van der Waals surface area contributed by atoms with E-state index in [-0.39, 0.29) is 42.9 Å². The van der Waals surface area contributed by atoms with E-state index in [0.717, 1.165) is 37.0 Å². The van der Waals surface area contributed by atoms with Crippen LogP contribution in [-0.4, -0.2) is 94.1 Å². The molecule has 1 aliphatic carbocycles. The number of hydrogen-bond donors (Lipinski definition) is 2. The second-order valence-corrected chi connectivity index (χ2v) is 8.74. The van der Waals surface area contributed by atoms with Gasteiger partial charge in [0.15, 0.2) is 0 Å². The lowest BCUT2D eigenvalue weighted by Gasteiger charge is -2.18. The summed E-state index contributed by atoms with van der Waals surface area (Å²) in [6.45, 7) is 3.89. The second-order valence-electron chi connectivity index (χ2n) is 8.74. The monoisotopic (exact) mass is 523 g/mol. The normalized spacial score (nSPS) is 18.4. The van der Waals surface area contributed by atoms with Crippen molar-refractivity contribution in [2.24, 2.45) is 0 Å². The topological polar surface area (TPSA) is 132 Å². The zero-order chi connectivity index (χ0) is 26.6. The van der Waals surface area contributed by atoms with Gasteiger partial charge in [0.05, 0.1) is 26.4 Å². The Morgan fingerprint density at radius 2 is 1.41 bits per heavy atom. The molecule has 0 aromatic carbocycles. The molecule has 0 fully saturated rings. The maximum atomic E-state index is 11.9. The van der Waals surface area contributed by atoms with Gasteiger partial charge in [-0.05, 0) is 44.9 Å². The summed E-state index contributed by atoms with van der Waals surface area (Å²) in [4.78, 5) is 47.5. The third-order valence-electron chi connectivity index (χ3n) is 5.72. The van der Waals surface area contributed by atoms with Gasteiger partial charge in [0.1, 0.15) is 6.10 Å². The van der Waals surface area contributed by atoms with Crippen molar-refractivity contribution >= 4 is 23.8 Å². The lowest BCUT2D eigenvalue weighted by atomic mass is 10.0.